The molecule has 0 amide bonds. The van der Waals surface area contributed by atoms with Crippen molar-refractivity contribution in [2.45, 2.75) is 0 Å². The second-order valence-corrected chi connectivity index (χ2v) is 8.06. The summed E-state index contributed by atoms with van der Waals surface area (Å²) in [6, 6.07) is 27.0. The van der Waals surface area contributed by atoms with Crippen LogP contribution in [0.25, 0.3) is 6.08 Å². The van der Waals surface area contributed by atoms with Crippen LogP contribution in [-0.2, 0) is 4.57 Å². The second kappa shape index (κ2) is 7.33. The molecule has 0 spiro atoms. The van der Waals surface area contributed by atoms with Crippen molar-refractivity contribution in [1.82, 2.24) is 0 Å². The van der Waals surface area contributed by atoms with Crippen LogP contribution in [0.3, 0.4) is 0 Å². The van der Waals surface area contributed by atoms with Gasteiger partial charge in [0.2, 0.25) is 0 Å². The van der Waals surface area contributed by atoms with Gasteiger partial charge in [0.25, 0.3) is 0 Å². The van der Waals surface area contributed by atoms with Gasteiger partial charge < -0.3 is 9.30 Å². The van der Waals surface area contributed by atoms with E-state index in [4.69, 9.17) is 4.74 Å². The maximum atomic E-state index is 13.8. The van der Waals surface area contributed by atoms with Crippen LogP contribution in [0.4, 0.5) is 0 Å². The summed E-state index contributed by atoms with van der Waals surface area (Å²) in [5.41, 5.74) is 0.989. The Morgan fingerprint density at radius 2 is 1.25 bits per heavy atom. The SMILES string of the molecule is COc1ccc(/C=C/P(=O)(c2ccccc2)c2ccccc2)cc1. The van der Waals surface area contributed by atoms with E-state index < -0.39 is 7.14 Å². The van der Waals surface area contributed by atoms with Gasteiger partial charge in [-0.05, 0) is 23.5 Å². The summed E-state index contributed by atoms with van der Waals surface area (Å²) in [4.78, 5) is 0. The van der Waals surface area contributed by atoms with E-state index in [0.717, 1.165) is 21.9 Å². The number of rotatable bonds is 5. The van der Waals surface area contributed by atoms with Crippen molar-refractivity contribution in [2.75, 3.05) is 7.11 Å². The highest BCUT2D eigenvalue weighted by Gasteiger charge is 2.23. The topological polar surface area (TPSA) is 26.3 Å². The minimum Gasteiger partial charge on any atom is -0.497 e. The lowest BCUT2D eigenvalue weighted by molar-refractivity contribution is 0.415. The Labute approximate surface area is 142 Å². The fourth-order valence-electron chi connectivity index (χ4n) is 2.53. The van der Waals surface area contributed by atoms with Gasteiger partial charge in [-0.2, -0.15) is 0 Å². The molecule has 0 heterocycles. The van der Waals surface area contributed by atoms with Crippen LogP contribution < -0.4 is 15.3 Å². The van der Waals surface area contributed by atoms with E-state index in [1.54, 1.807) is 7.11 Å². The van der Waals surface area contributed by atoms with Gasteiger partial charge in [0.15, 0.2) is 7.14 Å². The lowest BCUT2D eigenvalue weighted by Crippen LogP contribution is -2.13. The Morgan fingerprint density at radius 3 is 1.71 bits per heavy atom. The van der Waals surface area contributed by atoms with Crippen LogP contribution in [0.5, 0.6) is 5.75 Å². The first-order valence-corrected chi connectivity index (χ1v) is 9.54. The van der Waals surface area contributed by atoms with Crippen LogP contribution in [0, 0.1) is 0 Å². The predicted molar refractivity (Wildman–Crippen MR) is 102 cm³/mol. The summed E-state index contributed by atoms with van der Waals surface area (Å²) in [6.45, 7) is 0. The first-order chi connectivity index (χ1) is 11.7. The number of ether oxygens (including phenoxy) is 1. The highest BCUT2D eigenvalue weighted by molar-refractivity contribution is 7.81. The van der Waals surface area contributed by atoms with E-state index in [9.17, 15) is 4.57 Å². The zero-order chi connectivity index (χ0) is 16.8. The first-order valence-electron chi connectivity index (χ1n) is 7.77. The van der Waals surface area contributed by atoms with Crippen molar-refractivity contribution in [3.63, 3.8) is 0 Å². The average molecular weight is 334 g/mol. The fraction of sp³-hybridized carbons (Fsp3) is 0.0476. The van der Waals surface area contributed by atoms with Crippen molar-refractivity contribution in [2.24, 2.45) is 0 Å². The smallest absolute Gasteiger partial charge is 0.164 e. The summed E-state index contributed by atoms with van der Waals surface area (Å²) < 4.78 is 19.0. The molecule has 3 rings (SSSR count). The Bertz CT molecular complexity index is 810. The lowest BCUT2D eigenvalue weighted by atomic mass is 10.2. The molecule has 120 valence electrons. The molecule has 3 aromatic rings. The van der Waals surface area contributed by atoms with Crippen LogP contribution in [0.2, 0.25) is 0 Å². The maximum absolute atomic E-state index is 13.8. The number of hydrogen-bond acceptors (Lipinski definition) is 2. The zero-order valence-electron chi connectivity index (χ0n) is 13.5. The number of hydrogen-bond donors (Lipinski definition) is 0. The molecule has 0 fully saturated rings. The molecule has 24 heavy (non-hydrogen) atoms. The monoisotopic (exact) mass is 334 g/mol. The van der Waals surface area contributed by atoms with Gasteiger partial charge in [0, 0.05) is 10.6 Å². The molecule has 2 nitrogen and oxygen atoms in total. The molecule has 0 atom stereocenters. The van der Waals surface area contributed by atoms with Crippen molar-refractivity contribution >= 4 is 23.8 Å². The maximum Gasteiger partial charge on any atom is 0.164 e. The number of benzene rings is 3. The normalized spacial score (nSPS) is 11.5. The quantitative estimate of drug-likeness (QED) is 0.633. The van der Waals surface area contributed by atoms with Crippen LogP contribution in [-0.4, -0.2) is 7.11 Å². The third-order valence-electron chi connectivity index (χ3n) is 3.87. The van der Waals surface area contributed by atoms with Crippen molar-refractivity contribution in [1.29, 1.82) is 0 Å². The molecule has 0 saturated carbocycles. The fourth-order valence-corrected chi connectivity index (χ4v) is 4.78. The predicted octanol–water partition coefficient (Wildman–Crippen LogP) is 4.68. The van der Waals surface area contributed by atoms with Gasteiger partial charge in [0.05, 0.1) is 7.11 Å². The molecule has 0 saturated heterocycles. The largest absolute Gasteiger partial charge is 0.497 e. The highest BCUT2D eigenvalue weighted by atomic mass is 31.2. The molecule has 0 bridgehead atoms. The van der Waals surface area contributed by atoms with E-state index in [-0.39, 0.29) is 0 Å². The number of methoxy groups -OCH3 is 1. The molecule has 0 aliphatic rings. The van der Waals surface area contributed by atoms with Crippen LogP contribution in [0.1, 0.15) is 5.56 Å². The van der Waals surface area contributed by atoms with Gasteiger partial charge >= 0.3 is 0 Å². The molecule has 0 aromatic heterocycles. The molecule has 0 unspecified atom stereocenters. The van der Waals surface area contributed by atoms with Gasteiger partial charge in [-0.1, -0.05) is 78.9 Å². The van der Waals surface area contributed by atoms with E-state index in [2.05, 4.69) is 0 Å². The highest BCUT2D eigenvalue weighted by Crippen LogP contribution is 2.45. The van der Waals surface area contributed by atoms with E-state index in [0.29, 0.717) is 0 Å². The minimum absolute atomic E-state index is 0.807. The van der Waals surface area contributed by atoms with Gasteiger partial charge in [0.1, 0.15) is 5.75 Å². The van der Waals surface area contributed by atoms with E-state index in [1.165, 1.54) is 0 Å². The third kappa shape index (κ3) is 3.50. The third-order valence-corrected chi connectivity index (χ3v) is 6.57. The molecule has 0 N–H and O–H groups in total. The van der Waals surface area contributed by atoms with Crippen molar-refractivity contribution in [3.8, 4) is 5.75 Å². The van der Waals surface area contributed by atoms with Crippen molar-refractivity contribution in [3.05, 3.63) is 96.3 Å². The summed E-state index contributed by atoms with van der Waals surface area (Å²) in [7, 11) is -1.18. The Balaban J connectivity index is 2.02. The average Bonchev–Trinajstić information content (AvgIpc) is 2.68. The Kier molecular flexibility index (Phi) is 4.98. The molecule has 0 aliphatic heterocycles. The summed E-state index contributed by atoms with van der Waals surface area (Å²) >= 11 is 0. The summed E-state index contributed by atoms with van der Waals surface area (Å²) in [5, 5.41) is 1.67. The van der Waals surface area contributed by atoms with Crippen molar-refractivity contribution < 1.29 is 9.30 Å². The van der Waals surface area contributed by atoms with Gasteiger partial charge in [-0.25, -0.2) is 0 Å². The second-order valence-electron chi connectivity index (χ2n) is 5.42. The molecule has 3 heteroatoms. The summed E-state index contributed by atoms with van der Waals surface area (Å²) in [6.07, 6.45) is 1.92. The summed E-state index contributed by atoms with van der Waals surface area (Å²) in [5.74, 6) is 2.64. The van der Waals surface area contributed by atoms with E-state index >= 15 is 0 Å². The Hall–Kier alpha value is -2.57. The molecule has 0 radical (unpaired) electrons. The van der Waals surface area contributed by atoms with Crippen LogP contribution >= 0.6 is 7.14 Å². The molecule has 3 aromatic carbocycles. The minimum atomic E-state index is -2.82. The van der Waals surface area contributed by atoms with Gasteiger partial charge in [-0.3, -0.25) is 0 Å². The first kappa shape index (κ1) is 16.3. The van der Waals surface area contributed by atoms with Crippen LogP contribution in [0.15, 0.2) is 90.7 Å². The Morgan fingerprint density at radius 1 is 0.750 bits per heavy atom. The molecular formula is C21H19O2P. The van der Waals surface area contributed by atoms with E-state index in [1.807, 2.05) is 96.8 Å². The zero-order valence-corrected chi connectivity index (χ0v) is 14.4. The van der Waals surface area contributed by atoms with Gasteiger partial charge in [-0.15, -0.1) is 0 Å². The standard InChI is InChI=1S/C21H19O2P/c1-23-19-14-12-18(13-15-19)16-17-24(22,20-8-4-2-5-9-20)21-10-6-3-7-11-21/h2-17H,1H3/b17-16+. The molecular weight excluding hydrogens is 315 g/mol. The lowest BCUT2D eigenvalue weighted by Gasteiger charge is -2.15. The molecule has 0 aliphatic carbocycles.